The first kappa shape index (κ1) is 24.5. The summed E-state index contributed by atoms with van der Waals surface area (Å²) in [7, 11) is 0. The summed E-state index contributed by atoms with van der Waals surface area (Å²) in [5.74, 6) is -1.16. The van der Waals surface area contributed by atoms with Crippen LogP contribution < -0.4 is 15.4 Å². The molecule has 178 valence electrons. The summed E-state index contributed by atoms with van der Waals surface area (Å²) >= 11 is 0.965. The number of amides is 2. The number of carbonyl (C=O) groups excluding carboxylic acids is 3. The number of carbonyl (C=O) groups is 3. The van der Waals surface area contributed by atoms with Gasteiger partial charge in [0.1, 0.15) is 34.3 Å². The summed E-state index contributed by atoms with van der Waals surface area (Å²) < 4.78 is 4.99. The number of aromatic nitrogens is 1. The van der Waals surface area contributed by atoms with Crippen molar-refractivity contribution in [2.45, 2.75) is 30.5 Å². The van der Waals surface area contributed by atoms with Crippen LogP contribution in [0.25, 0.3) is 11.1 Å². The zero-order valence-electron chi connectivity index (χ0n) is 19.3. The number of hydrogen-bond donors (Lipinski definition) is 1. The summed E-state index contributed by atoms with van der Waals surface area (Å²) in [4.78, 5) is 42.3. The van der Waals surface area contributed by atoms with Crippen LogP contribution in [0.1, 0.15) is 30.0 Å². The summed E-state index contributed by atoms with van der Waals surface area (Å²) in [5.41, 5.74) is 8.54. The van der Waals surface area contributed by atoms with E-state index < -0.39 is 23.0 Å². The lowest BCUT2D eigenvalue weighted by atomic mass is 9.96. The van der Waals surface area contributed by atoms with Crippen LogP contribution in [0, 0.1) is 29.6 Å². The van der Waals surface area contributed by atoms with E-state index in [0.717, 1.165) is 22.2 Å². The highest BCUT2D eigenvalue weighted by atomic mass is 32.2. The maximum Gasteiger partial charge on any atom is 0.308 e. The Morgan fingerprint density at radius 3 is 2.31 bits per heavy atom. The minimum absolute atomic E-state index is 0.0655. The number of ether oxygens (including phenoxy) is 1. The van der Waals surface area contributed by atoms with E-state index in [0.29, 0.717) is 16.8 Å². The van der Waals surface area contributed by atoms with E-state index in [1.807, 2.05) is 25.1 Å². The van der Waals surface area contributed by atoms with Gasteiger partial charge in [0, 0.05) is 18.9 Å². The number of imide groups is 1. The largest absolute Gasteiger partial charge is 0.427 e. The fourth-order valence-corrected chi connectivity index (χ4v) is 4.94. The lowest BCUT2D eigenvalue weighted by Crippen LogP contribution is -2.31. The smallest absolute Gasteiger partial charge is 0.308 e. The molecule has 1 unspecified atom stereocenters. The van der Waals surface area contributed by atoms with Crippen LogP contribution in [0.3, 0.4) is 0 Å². The van der Waals surface area contributed by atoms with Crippen molar-refractivity contribution in [3.05, 3.63) is 65.2 Å². The van der Waals surface area contributed by atoms with Crippen molar-refractivity contribution >= 4 is 41.1 Å². The van der Waals surface area contributed by atoms with Gasteiger partial charge in [0.05, 0.1) is 16.5 Å². The predicted octanol–water partition coefficient (Wildman–Crippen LogP) is 3.73. The Balaban J connectivity index is 1.68. The molecular weight excluding hydrogens is 478 g/mol. The van der Waals surface area contributed by atoms with Crippen LogP contribution in [0.5, 0.6) is 5.75 Å². The Bertz CT molecular complexity index is 1470. The molecule has 2 heterocycles. The third-order valence-electron chi connectivity index (χ3n) is 5.47. The Labute approximate surface area is 211 Å². The molecule has 1 fully saturated rings. The minimum atomic E-state index is -0.844. The van der Waals surface area contributed by atoms with Crippen molar-refractivity contribution < 1.29 is 19.1 Å². The second-order valence-corrected chi connectivity index (χ2v) is 9.17. The van der Waals surface area contributed by atoms with Crippen LogP contribution in [0.2, 0.25) is 0 Å². The van der Waals surface area contributed by atoms with E-state index in [9.17, 15) is 24.9 Å². The molecule has 36 heavy (non-hydrogen) atoms. The molecule has 1 aliphatic heterocycles. The van der Waals surface area contributed by atoms with Gasteiger partial charge in [-0.3, -0.25) is 14.4 Å². The molecule has 0 aliphatic carbocycles. The highest BCUT2D eigenvalue weighted by Gasteiger charge is 2.41. The van der Waals surface area contributed by atoms with Crippen LogP contribution in [-0.2, 0) is 14.4 Å². The lowest BCUT2D eigenvalue weighted by Gasteiger charge is -2.16. The number of nitrogens with zero attached hydrogens (tertiary/aromatic N) is 4. The molecular formula is C26H19N5O4S. The lowest BCUT2D eigenvalue weighted by molar-refractivity contribution is -0.132. The number of hydrogen-bond acceptors (Lipinski definition) is 9. The number of thioether (sulfide) groups is 1. The van der Waals surface area contributed by atoms with Crippen LogP contribution in [0.4, 0.5) is 11.5 Å². The molecule has 2 amide bonds. The number of benzene rings is 2. The molecule has 2 aromatic carbocycles. The van der Waals surface area contributed by atoms with Crippen LogP contribution >= 0.6 is 11.8 Å². The second-order valence-electron chi connectivity index (χ2n) is 7.98. The zero-order chi connectivity index (χ0) is 26.0. The highest BCUT2D eigenvalue weighted by molar-refractivity contribution is 8.00. The van der Waals surface area contributed by atoms with Gasteiger partial charge in [0.2, 0.25) is 11.8 Å². The highest BCUT2D eigenvalue weighted by Crippen LogP contribution is 2.40. The summed E-state index contributed by atoms with van der Waals surface area (Å²) in [6.45, 7) is 3.19. The molecule has 1 saturated heterocycles. The maximum absolute atomic E-state index is 13.2. The van der Waals surface area contributed by atoms with Crippen molar-refractivity contribution in [1.82, 2.24) is 4.98 Å². The average molecular weight is 498 g/mol. The molecule has 9 nitrogen and oxygen atoms in total. The van der Waals surface area contributed by atoms with Crippen molar-refractivity contribution in [2.24, 2.45) is 0 Å². The minimum Gasteiger partial charge on any atom is -0.427 e. The number of rotatable bonds is 5. The van der Waals surface area contributed by atoms with Gasteiger partial charge in [-0.2, -0.15) is 10.5 Å². The summed E-state index contributed by atoms with van der Waals surface area (Å²) in [6.07, 6.45) is -0.110. The molecule has 10 heteroatoms. The number of anilines is 2. The number of nitrogens with two attached hydrogens (primary N) is 1. The molecule has 0 radical (unpaired) electrons. The van der Waals surface area contributed by atoms with E-state index in [4.69, 9.17) is 10.5 Å². The van der Waals surface area contributed by atoms with Crippen molar-refractivity contribution in [3.8, 4) is 29.0 Å². The quantitative estimate of drug-likeness (QED) is 0.316. The molecule has 4 rings (SSSR count). The van der Waals surface area contributed by atoms with Crippen molar-refractivity contribution in [3.63, 3.8) is 0 Å². The topological polar surface area (TPSA) is 150 Å². The van der Waals surface area contributed by atoms with Gasteiger partial charge >= 0.3 is 5.97 Å². The predicted molar refractivity (Wildman–Crippen MR) is 133 cm³/mol. The Morgan fingerprint density at radius 1 is 1.08 bits per heavy atom. The van der Waals surface area contributed by atoms with E-state index in [1.54, 1.807) is 12.1 Å². The molecule has 2 N–H and O–H groups in total. The fraction of sp³-hybridized carbons (Fsp3) is 0.154. The van der Waals surface area contributed by atoms with Gasteiger partial charge in [-0.15, -0.1) is 0 Å². The molecule has 1 aromatic heterocycles. The van der Waals surface area contributed by atoms with E-state index in [-0.39, 0.29) is 34.1 Å². The van der Waals surface area contributed by atoms with Gasteiger partial charge in [-0.25, -0.2) is 9.88 Å². The van der Waals surface area contributed by atoms with Gasteiger partial charge < -0.3 is 10.5 Å². The van der Waals surface area contributed by atoms with Gasteiger partial charge in [0.15, 0.2) is 0 Å². The molecule has 0 saturated carbocycles. The van der Waals surface area contributed by atoms with Gasteiger partial charge in [-0.05, 0) is 36.8 Å². The second kappa shape index (κ2) is 9.90. The first-order chi connectivity index (χ1) is 17.2. The Kier molecular flexibility index (Phi) is 6.73. The normalized spacial score (nSPS) is 14.9. The average Bonchev–Trinajstić information content (AvgIpc) is 3.12. The van der Waals surface area contributed by atoms with Gasteiger partial charge in [-0.1, -0.05) is 41.6 Å². The first-order valence-corrected chi connectivity index (χ1v) is 11.6. The number of esters is 1. The van der Waals surface area contributed by atoms with Crippen LogP contribution in [0.15, 0.2) is 53.6 Å². The molecule has 3 aromatic rings. The van der Waals surface area contributed by atoms with E-state index in [1.165, 1.54) is 31.2 Å². The molecule has 0 bridgehead atoms. The third-order valence-corrected chi connectivity index (χ3v) is 6.64. The number of aryl methyl sites for hydroxylation is 1. The molecule has 1 aliphatic rings. The maximum atomic E-state index is 13.2. The van der Waals surface area contributed by atoms with E-state index in [2.05, 4.69) is 11.1 Å². The number of pyridine rings is 1. The molecule has 0 spiro atoms. The number of nitrogen functional groups attached to an aromatic ring is 1. The monoisotopic (exact) mass is 497 g/mol. The number of nitriles is 2. The van der Waals surface area contributed by atoms with Crippen LogP contribution in [-0.4, -0.2) is 28.0 Å². The fourth-order valence-electron chi connectivity index (χ4n) is 3.82. The Hall–Kier alpha value is -4.67. The zero-order valence-corrected chi connectivity index (χ0v) is 20.1. The van der Waals surface area contributed by atoms with Gasteiger partial charge in [0.25, 0.3) is 0 Å². The van der Waals surface area contributed by atoms with Crippen molar-refractivity contribution in [2.75, 3.05) is 10.6 Å². The Morgan fingerprint density at radius 2 is 1.72 bits per heavy atom. The third kappa shape index (κ3) is 4.63. The summed E-state index contributed by atoms with van der Waals surface area (Å²) in [6, 6.07) is 17.4. The first-order valence-electron chi connectivity index (χ1n) is 10.8. The van der Waals surface area contributed by atoms with E-state index >= 15 is 0 Å². The standard InChI is InChI=1S/C26H19N5O4S/c1-14-3-5-16(6-4-14)23-19(12-27)24(29)30-25(20(23)13-28)36-21-11-22(33)31(26(21)34)17-7-9-18(10-8-17)35-15(2)32/h3-10,21H,11H2,1-2H3,(H2,29,30). The summed E-state index contributed by atoms with van der Waals surface area (Å²) in [5, 5.41) is 19.0. The van der Waals surface area contributed by atoms with Crippen molar-refractivity contribution in [1.29, 1.82) is 10.5 Å². The SMILES string of the molecule is CC(=O)Oc1ccc(N2C(=O)CC(Sc3nc(N)c(C#N)c(-c4ccc(C)cc4)c3C#N)C2=O)cc1. The molecule has 1 atom stereocenters.